The van der Waals surface area contributed by atoms with E-state index in [-0.39, 0.29) is 24.7 Å². The SMILES string of the molecule is CC(C)(C)OC(=O)N1CCCC(OCCc2cc(C(F)(F)F)cc(C(F)(F)F)c2)C1c1ccccc1. The molecule has 4 nitrogen and oxygen atoms in total. The van der Waals surface area contributed by atoms with Gasteiger partial charge in [-0.05, 0) is 69.4 Å². The van der Waals surface area contributed by atoms with Crippen molar-refractivity contribution >= 4 is 6.09 Å². The first kappa shape index (κ1) is 27.8. The molecular formula is C26H29F6NO3. The number of likely N-dealkylation sites (tertiary alicyclic amines) is 1. The van der Waals surface area contributed by atoms with Gasteiger partial charge in [0.25, 0.3) is 0 Å². The molecule has 2 atom stereocenters. The van der Waals surface area contributed by atoms with Crippen LogP contribution in [0.1, 0.15) is 61.9 Å². The van der Waals surface area contributed by atoms with Gasteiger partial charge in [0.15, 0.2) is 0 Å². The normalized spacial score (nSPS) is 19.3. The van der Waals surface area contributed by atoms with Crippen molar-refractivity contribution < 1.29 is 40.6 Å². The molecule has 2 unspecified atom stereocenters. The van der Waals surface area contributed by atoms with Gasteiger partial charge in [-0.1, -0.05) is 30.3 Å². The van der Waals surface area contributed by atoms with Gasteiger partial charge in [0.1, 0.15) is 5.60 Å². The van der Waals surface area contributed by atoms with Crippen molar-refractivity contribution in [3.05, 3.63) is 70.8 Å². The number of halogens is 6. The molecule has 2 aromatic carbocycles. The van der Waals surface area contributed by atoms with Crippen LogP contribution in [0.5, 0.6) is 0 Å². The summed E-state index contributed by atoms with van der Waals surface area (Å²) in [4.78, 5) is 14.5. The van der Waals surface area contributed by atoms with Gasteiger partial charge >= 0.3 is 18.4 Å². The van der Waals surface area contributed by atoms with Crippen LogP contribution in [0.3, 0.4) is 0 Å². The Labute approximate surface area is 206 Å². The van der Waals surface area contributed by atoms with Crippen molar-refractivity contribution in [2.45, 2.75) is 70.1 Å². The Morgan fingerprint density at radius 1 is 0.944 bits per heavy atom. The number of alkyl halides is 6. The Kier molecular flexibility index (Phi) is 8.27. The third kappa shape index (κ3) is 7.38. The molecule has 1 amide bonds. The average molecular weight is 518 g/mol. The van der Waals surface area contributed by atoms with E-state index in [0.29, 0.717) is 31.5 Å². The van der Waals surface area contributed by atoms with E-state index in [1.54, 1.807) is 25.7 Å². The maximum Gasteiger partial charge on any atom is 0.416 e. The number of piperidine rings is 1. The molecule has 0 aromatic heterocycles. The van der Waals surface area contributed by atoms with E-state index >= 15 is 0 Å². The monoisotopic (exact) mass is 517 g/mol. The fourth-order valence-electron chi connectivity index (χ4n) is 4.20. The summed E-state index contributed by atoms with van der Waals surface area (Å²) in [5, 5.41) is 0. The maximum absolute atomic E-state index is 13.2. The van der Waals surface area contributed by atoms with Gasteiger partial charge in [0.2, 0.25) is 0 Å². The smallest absolute Gasteiger partial charge is 0.416 e. The summed E-state index contributed by atoms with van der Waals surface area (Å²) in [7, 11) is 0. The van der Waals surface area contributed by atoms with Gasteiger partial charge in [-0.15, -0.1) is 0 Å². The maximum atomic E-state index is 13.2. The number of hydrogen-bond acceptors (Lipinski definition) is 3. The van der Waals surface area contributed by atoms with E-state index in [1.807, 2.05) is 30.3 Å². The van der Waals surface area contributed by atoms with Gasteiger partial charge < -0.3 is 9.47 Å². The number of benzene rings is 2. The van der Waals surface area contributed by atoms with E-state index in [2.05, 4.69) is 0 Å². The standard InChI is InChI=1S/C26H29F6NO3/c1-24(2,3)36-23(34)33-12-7-10-21(22(33)18-8-5-4-6-9-18)35-13-11-17-14-19(25(27,28)29)16-20(15-17)26(30,31)32/h4-6,8-9,14-16,21-22H,7,10-13H2,1-3H3. The Morgan fingerprint density at radius 2 is 1.53 bits per heavy atom. The lowest BCUT2D eigenvalue weighted by Crippen LogP contribution is -2.48. The van der Waals surface area contributed by atoms with Crippen LogP contribution in [-0.4, -0.2) is 35.8 Å². The van der Waals surface area contributed by atoms with Crippen LogP contribution >= 0.6 is 0 Å². The first-order chi connectivity index (χ1) is 16.6. The van der Waals surface area contributed by atoms with Crippen molar-refractivity contribution in [1.29, 1.82) is 0 Å². The quantitative estimate of drug-likeness (QED) is 0.388. The molecule has 0 bridgehead atoms. The van der Waals surface area contributed by atoms with Gasteiger partial charge in [0.05, 0.1) is 29.9 Å². The third-order valence-electron chi connectivity index (χ3n) is 5.71. The van der Waals surface area contributed by atoms with E-state index in [1.165, 1.54) is 0 Å². The van der Waals surface area contributed by atoms with Crippen LogP contribution in [0.25, 0.3) is 0 Å². The number of ether oxygens (including phenoxy) is 2. The van der Waals surface area contributed by atoms with Crippen molar-refractivity contribution in [1.82, 2.24) is 4.90 Å². The molecule has 0 N–H and O–H groups in total. The van der Waals surface area contributed by atoms with Crippen LogP contribution in [0.15, 0.2) is 48.5 Å². The molecule has 1 fully saturated rings. The Bertz CT molecular complexity index is 998. The van der Waals surface area contributed by atoms with Crippen LogP contribution in [0.2, 0.25) is 0 Å². The number of carbonyl (C=O) groups is 1. The van der Waals surface area contributed by atoms with Gasteiger partial charge in [0, 0.05) is 6.54 Å². The zero-order valence-electron chi connectivity index (χ0n) is 20.2. The highest BCUT2D eigenvalue weighted by molar-refractivity contribution is 5.69. The van der Waals surface area contributed by atoms with Crippen molar-refractivity contribution in [2.24, 2.45) is 0 Å². The molecular weight excluding hydrogens is 488 g/mol. The van der Waals surface area contributed by atoms with E-state index in [9.17, 15) is 31.1 Å². The minimum absolute atomic E-state index is 0.107. The molecule has 10 heteroatoms. The fourth-order valence-corrected chi connectivity index (χ4v) is 4.20. The largest absolute Gasteiger partial charge is 0.444 e. The van der Waals surface area contributed by atoms with Crippen molar-refractivity contribution in [3.8, 4) is 0 Å². The number of hydrogen-bond donors (Lipinski definition) is 0. The summed E-state index contributed by atoms with van der Waals surface area (Å²) < 4.78 is 90.6. The molecule has 1 aliphatic heterocycles. The highest BCUT2D eigenvalue weighted by atomic mass is 19.4. The van der Waals surface area contributed by atoms with E-state index in [0.717, 1.165) is 5.56 Å². The van der Waals surface area contributed by atoms with Crippen molar-refractivity contribution in [3.63, 3.8) is 0 Å². The first-order valence-corrected chi connectivity index (χ1v) is 11.6. The number of nitrogens with zero attached hydrogens (tertiary/aromatic N) is 1. The Balaban J connectivity index is 1.80. The zero-order valence-corrected chi connectivity index (χ0v) is 20.2. The second kappa shape index (κ2) is 10.7. The summed E-state index contributed by atoms with van der Waals surface area (Å²) in [6, 6.07) is 10.1. The third-order valence-corrected chi connectivity index (χ3v) is 5.71. The van der Waals surface area contributed by atoms with Crippen LogP contribution in [0, 0.1) is 0 Å². The molecule has 1 heterocycles. The number of carbonyl (C=O) groups excluding carboxylic acids is 1. The number of amides is 1. The highest BCUT2D eigenvalue weighted by Crippen LogP contribution is 2.37. The molecule has 2 aromatic rings. The lowest BCUT2D eigenvalue weighted by Gasteiger charge is -2.41. The highest BCUT2D eigenvalue weighted by Gasteiger charge is 2.39. The van der Waals surface area contributed by atoms with Gasteiger partial charge in [-0.25, -0.2) is 4.79 Å². The molecule has 1 aliphatic rings. The van der Waals surface area contributed by atoms with Crippen LogP contribution < -0.4 is 0 Å². The summed E-state index contributed by atoms with van der Waals surface area (Å²) >= 11 is 0. The first-order valence-electron chi connectivity index (χ1n) is 11.6. The van der Waals surface area contributed by atoms with Crippen LogP contribution in [0.4, 0.5) is 31.1 Å². The predicted molar refractivity (Wildman–Crippen MR) is 121 cm³/mol. The molecule has 0 aliphatic carbocycles. The molecule has 198 valence electrons. The predicted octanol–water partition coefficient (Wildman–Crippen LogP) is 7.42. The molecule has 3 rings (SSSR count). The van der Waals surface area contributed by atoms with E-state index in [4.69, 9.17) is 9.47 Å². The van der Waals surface area contributed by atoms with Gasteiger partial charge in [-0.3, -0.25) is 4.90 Å². The number of rotatable bonds is 5. The summed E-state index contributed by atoms with van der Waals surface area (Å²) in [6.45, 7) is 5.57. The minimum Gasteiger partial charge on any atom is -0.444 e. The lowest BCUT2D eigenvalue weighted by atomic mass is 9.92. The molecule has 0 spiro atoms. The van der Waals surface area contributed by atoms with E-state index < -0.39 is 47.3 Å². The van der Waals surface area contributed by atoms with Crippen LogP contribution in [-0.2, 0) is 28.2 Å². The molecule has 36 heavy (non-hydrogen) atoms. The Morgan fingerprint density at radius 3 is 2.06 bits per heavy atom. The Hall–Kier alpha value is -2.75. The molecule has 1 saturated heterocycles. The lowest BCUT2D eigenvalue weighted by molar-refractivity contribution is -0.143. The summed E-state index contributed by atoms with van der Waals surface area (Å²) in [6.07, 6.45) is -9.83. The fraction of sp³-hybridized carbons (Fsp3) is 0.500. The average Bonchev–Trinajstić information content (AvgIpc) is 2.77. The molecule has 0 radical (unpaired) electrons. The second-order valence-corrected chi connectivity index (χ2v) is 9.74. The van der Waals surface area contributed by atoms with Crippen molar-refractivity contribution in [2.75, 3.05) is 13.2 Å². The molecule has 0 saturated carbocycles. The minimum atomic E-state index is -4.91. The topological polar surface area (TPSA) is 38.8 Å². The van der Waals surface area contributed by atoms with Gasteiger partial charge in [-0.2, -0.15) is 26.3 Å². The second-order valence-electron chi connectivity index (χ2n) is 9.74. The summed E-state index contributed by atoms with van der Waals surface area (Å²) in [5.74, 6) is 0. The summed E-state index contributed by atoms with van der Waals surface area (Å²) in [5.41, 5.74) is -2.77. The zero-order chi connectivity index (χ0) is 26.7.